The molecule has 60 heavy (non-hydrogen) atoms. The topological polar surface area (TPSA) is 243 Å². The van der Waals surface area contributed by atoms with Crippen LogP contribution in [0.15, 0.2) is 95.9 Å². The molecule has 20 heteroatoms. The molecule has 2 amide bonds. The zero-order valence-corrected chi connectivity index (χ0v) is 32.1. The molecule has 20 nitrogen and oxygen atoms in total. The van der Waals surface area contributed by atoms with E-state index in [0.29, 0.717) is 58.9 Å². The lowest BCUT2D eigenvalue weighted by Gasteiger charge is -2.34. The summed E-state index contributed by atoms with van der Waals surface area (Å²) in [5, 5.41) is 33.9. The van der Waals surface area contributed by atoms with E-state index < -0.39 is 32.9 Å². The van der Waals surface area contributed by atoms with Crippen molar-refractivity contribution in [2.75, 3.05) is 64.5 Å². The van der Waals surface area contributed by atoms with Crippen LogP contribution in [0.3, 0.4) is 0 Å². The van der Waals surface area contributed by atoms with Crippen molar-refractivity contribution in [1.82, 2.24) is 29.8 Å². The Balaban J connectivity index is 0.892. The number of Topliss-reactive ketones (excluding diaryl/α,β-unsaturated/α-hetero) is 1. The number of fused-ring (bicyclic) bond motifs is 1. The first-order valence-electron chi connectivity index (χ1n) is 18.9. The number of nitrogens with zero attached hydrogens (tertiary/aromatic N) is 7. The number of ether oxygens (including phenoxy) is 3. The number of rotatable bonds is 19. The largest absolute Gasteiger partial charge is 0.490 e. The minimum Gasteiger partial charge on any atom is -0.490 e. The van der Waals surface area contributed by atoms with Crippen molar-refractivity contribution in [3.8, 4) is 17.1 Å². The molecule has 0 unspecified atom stereocenters. The van der Waals surface area contributed by atoms with Crippen molar-refractivity contribution in [2.24, 2.45) is 0 Å². The van der Waals surface area contributed by atoms with Crippen LogP contribution in [-0.4, -0.2) is 116 Å². The zero-order chi connectivity index (χ0) is 42.0. The molecule has 2 N–H and O–H groups in total. The molecule has 0 atom stereocenters. The van der Waals surface area contributed by atoms with Crippen LogP contribution in [0.4, 0.5) is 17.1 Å². The molecule has 1 aliphatic rings. The van der Waals surface area contributed by atoms with Gasteiger partial charge >= 0.3 is 0 Å². The quantitative estimate of drug-likeness (QED) is 0.0369. The molecule has 4 heterocycles. The second-order valence-corrected chi connectivity index (χ2v) is 13.4. The number of ketones is 1. The van der Waals surface area contributed by atoms with Crippen LogP contribution in [-0.2, 0) is 27.4 Å². The van der Waals surface area contributed by atoms with E-state index in [2.05, 4.69) is 20.6 Å². The van der Waals surface area contributed by atoms with Gasteiger partial charge < -0.3 is 38.7 Å². The highest BCUT2D eigenvalue weighted by molar-refractivity contribution is 6.45. The number of aromatic amines is 1. The maximum absolute atomic E-state index is 13.8. The van der Waals surface area contributed by atoms with E-state index in [-0.39, 0.29) is 69.8 Å². The maximum atomic E-state index is 13.8. The normalized spacial score (nSPS) is 12.7. The first-order valence-corrected chi connectivity index (χ1v) is 18.9. The van der Waals surface area contributed by atoms with Gasteiger partial charge in [0.2, 0.25) is 0 Å². The Hall–Kier alpha value is -7.45. The molecule has 1 fully saturated rings. The van der Waals surface area contributed by atoms with Crippen LogP contribution in [0.1, 0.15) is 26.4 Å². The van der Waals surface area contributed by atoms with E-state index >= 15 is 0 Å². The van der Waals surface area contributed by atoms with Gasteiger partial charge in [-0.25, -0.2) is 4.68 Å². The van der Waals surface area contributed by atoms with Crippen LogP contribution in [0.2, 0.25) is 0 Å². The third-order valence-electron chi connectivity index (χ3n) is 9.65. The lowest BCUT2D eigenvalue weighted by molar-refractivity contribution is -0.392. The summed E-state index contributed by atoms with van der Waals surface area (Å²) in [5.41, 5.74) is 1.46. The van der Waals surface area contributed by atoms with Gasteiger partial charge in [0.15, 0.2) is 5.69 Å². The van der Waals surface area contributed by atoms with Crippen LogP contribution < -0.4 is 10.1 Å². The van der Waals surface area contributed by atoms with E-state index in [9.17, 15) is 34.6 Å². The van der Waals surface area contributed by atoms with E-state index in [1.165, 1.54) is 29.3 Å². The highest BCUT2D eigenvalue weighted by Gasteiger charge is 2.31. The molecule has 6 aromatic rings. The van der Waals surface area contributed by atoms with Gasteiger partial charge in [-0.3, -0.25) is 34.6 Å². The van der Waals surface area contributed by atoms with Crippen molar-refractivity contribution in [3.05, 3.63) is 129 Å². The van der Waals surface area contributed by atoms with Gasteiger partial charge in [-0.05, 0) is 42.5 Å². The summed E-state index contributed by atoms with van der Waals surface area (Å²) in [4.78, 5) is 67.8. The molecule has 7 rings (SSSR count). The van der Waals surface area contributed by atoms with Gasteiger partial charge in [-0.1, -0.05) is 23.4 Å². The second-order valence-electron chi connectivity index (χ2n) is 13.4. The number of nitro benzene ring substituents is 2. The van der Waals surface area contributed by atoms with Gasteiger partial charge in [-0.2, -0.15) is 0 Å². The number of hydrogen-bond acceptors (Lipinski definition) is 14. The van der Waals surface area contributed by atoms with Crippen molar-refractivity contribution in [2.45, 2.75) is 13.2 Å². The fraction of sp³-hybridized carbons (Fsp3) is 0.275. The Morgan fingerprint density at radius 3 is 2.30 bits per heavy atom. The number of nitro groups is 2. The van der Waals surface area contributed by atoms with E-state index in [1.807, 2.05) is 6.07 Å². The Kier molecular flexibility index (Phi) is 12.8. The number of carbonyl (C=O) groups excluding carboxylic acids is 3. The molecule has 0 bridgehead atoms. The number of H-pyrrole nitrogens is 1. The summed E-state index contributed by atoms with van der Waals surface area (Å²) in [7, 11) is 0. The molecule has 0 spiro atoms. The van der Waals surface area contributed by atoms with Crippen molar-refractivity contribution >= 4 is 45.6 Å². The SMILES string of the molecule is O=C(C(=O)N1CCN(C(=O)c2ccccc2)CC1)c1c[nH]c2c(-c3ccco3)ccc(OCCOCCn3cc(COCCNc4c([N+](=O)[O-])cccc4[N+](=O)[O-])nn3)c12. The van der Waals surface area contributed by atoms with Crippen molar-refractivity contribution in [1.29, 1.82) is 0 Å². The van der Waals surface area contributed by atoms with Crippen molar-refractivity contribution < 1.29 is 42.9 Å². The minimum absolute atomic E-state index is 0.0761. The van der Waals surface area contributed by atoms with Gasteiger partial charge in [0.25, 0.3) is 29.0 Å². The number of furan rings is 1. The van der Waals surface area contributed by atoms with Crippen LogP contribution >= 0.6 is 0 Å². The number of amides is 2. The second kappa shape index (κ2) is 18.9. The molecule has 0 aliphatic carbocycles. The summed E-state index contributed by atoms with van der Waals surface area (Å²) in [6.45, 7) is 2.22. The summed E-state index contributed by atoms with van der Waals surface area (Å²) in [6.07, 6.45) is 4.71. The van der Waals surface area contributed by atoms with Gasteiger partial charge in [-0.15, -0.1) is 5.10 Å². The van der Waals surface area contributed by atoms with Crippen LogP contribution in [0, 0.1) is 20.2 Å². The molecule has 1 saturated heterocycles. The average Bonchev–Trinajstić information content (AvgIpc) is 4.07. The Labute approximate surface area is 340 Å². The number of anilines is 1. The number of nitrogens with one attached hydrogen (secondary N) is 2. The highest BCUT2D eigenvalue weighted by atomic mass is 16.6. The molecule has 1 aliphatic heterocycles. The predicted octanol–water partition coefficient (Wildman–Crippen LogP) is 4.73. The molecular weight excluding hydrogens is 782 g/mol. The lowest BCUT2D eigenvalue weighted by Crippen LogP contribution is -2.52. The smallest absolute Gasteiger partial charge is 0.299 e. The van der Waals surface area contributed by atoms with Gasteiger partial charge in [0.05, 0.1) is 71.7 Å². The number of aromatic nitrogens is 4. The highest BCUT2D eigenvalue weighted by Crippen LogP contribution is 2.37. The van der Waals surface area contributed by atoms with Gasteiger partial charge in [0, 0.05) is 62.2 Å². The number of carbonyl (C=O) groups is 3. The lowest BCUT2D eigenvalue weighted by atomic mass is 10.0. The predicted molar refractivity (Wildman–Crippen MR) is 213 cm³/mol. The first-order chi connectivity index (χ1) is 29.2. The molecule has 310 valence electrons. The van der Waals surface area contributed by atoms with E-state index in [4.69, 9.17) is 18.6 Å². The Bertz CT molecular complexity index is 2440. The monoisotopic (exact) mass is 821 g/mol. The first kappa shape index (κ1) is 40.7. The maximum Gasteiger partial charge on any atom is 0.299 e. The number of piperazine rings is 1. The molecule has 0 saturated carbocycles. The summed E-state index contributed by atoms with van der Waals surface area (Å²) < 4.78 is 24.7. The van der Waals surface area contributed by atoms with Gasteiger partial charge in [0.1, 0.15) is 23.8 Å². The Morgan fingerprint density at radius 2 is 1.58 bits per heavy atom. The third-order valence-corrected chi connectivity index (χ3v) is 9.65. The standard InChI is InChI=1S/C40H39N9O11/c50-38(40(52)46-16-14-45(15-17-46)39(51)27-6-2-1-3-7-27)30-24-42-36-29(33-10-5-19-59-33)11-12-34(35(30)36)60-23-22-57-21-18-47-25-28(43-44-47)26-58-20-13-41-37-31(48(53)54)8-4-9-32(37)49(55)56/h1-12,19,24-25,41-42H,13-18,20-23,26H2. The van der Waals surface area contributed by atoms with E-state index in [1.54, 1.807) is 70.6 Å². The molecule has 3 aromatic carbocycles. The minimum atomic E-state index is -0.708. The zero-order valence-electron chi connectivity index (χ0n) is 32.1. The van der Waals surface area contributed by atoms with Crippen LogP contribution in [0.25, 0.3) is 22.2 Å². The molecule has 3 aromatic heterocycles. The third kappa shape index (κ3) is 9.30. The van der Waals surface area contributed by atoms with Crippen LogP contribution in [0.5, 0.6) is 5.75 Å². The summed E-state index contributed by atoms with van der Waals surface area (Å²) in [5.74, 6) is -0.577. The average molecular weight is 822 g/mol. The fourth-order valence-corrected chi connectivity index (χ4v) is 6.71. The Morgan fingerprint density at radius 1 is 0.833 bits per heavy atom. The summed E-state index contributed by atoms with van der Waals surface area (Å²) in [6, 6.07) is 19.6. The number of para-hydroxylation sites is 1. The molecule has 0 radical (unpaired) electrons. The summed E-state index contributed by atoms with van der Waals surface area (Å²) >= 11 is 0. The number of hydrogen-bond donors (Lipinski definition) is 2. The number of benzene rings is 3. The van der Waals surface area contributed by atoms with E-state index in [0.717, 1.165) is 0 Å². The van der Waals surface area contributed by atoms with Crippen molar-refractivity contribution in [3.63, 3.8) is 0 Å². The fourth-order valence-electron chi connectivity index (χ4n) is 6.71. The molecular formula is C40H39N9O11.